The Morgan fingerprint density at radius 3 is 2.81 bits per heavy atom. The fourth-order valence-electron chi connectivity index (χ4n) is 3.52. The second-order valence-electron chi connectivity index (χ2n) is 7.56. The highest BCUT2D eigenvalue weighted by molar-refractivity contribution is 5.97. The van der Waals surface area contributed by atoms with Crippen LogP contribution in [0.5, 0.6) is 0 Å². The number of hydrogen-bond donors (Lipinski definition) is 5. The maximum atomic E-state index is 13.5. The summed E-state index contributed by atoms with van der Waals surface area (Å²) < 4.78 is 50.3. The van der Waals surface area contributed by atoms with Crippen molar-refractivity contribution in [2.45, 2.75) is 56.7 Å². The lowest BCUT2D eigenvalue weighted by atomic mass is 9.91. The number of hydrogen-bond acceptors (Lipinski definition) is 7. The number of alkyl halides is 2. The van der Waals surface area contributed by atoms with Gasteiger partial charge in [0, 0.05) is 9.68 Å². The van der Waals surface area contributed by atoms with E-state index in [1.165, 1.54) is 0 Å². The van der Waals surface area contributed by atoms with Crippen molar-refractivity contribution in [1.29, 1.82) is 0 Å². The Bertz CT molecular complexity index is 1060. The van der Waals surface area contributed by atoms with Gasteiger partial charge in [-0.1, -0.05) is 25.0 Å². The fourth-order valence-corrected chi connectivity index (χ4v) is 3.52. The van der Waals surface area contributed by atoms with Crippen LogP contribution in [0, 0.1) is 6.85 Å². The molecule has 6 N–H and O–H groups in total. The van der Waals surface area contributed by atoms with Crippen LogP contribution in [0.1, 0.15) is 51.4 Å². The molecule has 1 heterocycles. The molecule has 0 saturated heterocycles. The average molecular weight is 439 g/mol. The van der Waals surface area contributed by atoms with Crippen LogP contribution in [0.2, 0.25) is 0 Å². The summed E-state index contributed by atoms with van der Waals surface area (Å²) in [7, 11) is 0. The second-order valence-corrected chi connectivity index (χ2v) is 7.56. The summed E-state index contributed by atoms with van der Waals surface area (Å²) in [5, 5.41) is 32.4. The number of nitrogens with two attached hydrogens (primary N) is 1. The number of anilines is 1. The van der Waals surface area contributed by atoms with Crippen molar-refractivity contribution in [3.8, 4) is 11.3 Å². The topological polar surface area (TPSA) is 142 Å². The molecule has 3 rings (SSSR count). The number of aryl methyl sites for hydroxylation is 1. The molecular weight excluding hydrogens is 410 g/mol. The van der Waals surface area contributed by atoms with Gasteiger partial charge in [-0.15, -0.1) is 0 Å². The molecule has 10 heteroatoms. The Labute approximate surface area is 182 Å². The molecule has 1 aliphatic carbocycles. The Morgan fingerprint density at radius 1 is 1.42 bits per heavy atom. The lowest BCUT2D eigenvalue weighted by Gasteiger charge is -2.28. The van der Waals surface area contributed by atoms with E-state index >= 15 is 0 Å². The highest BCUT2D eigenvalue weighted by Gasteiger charge is 2.39. The minimum atomic E-state index is -3.37. The molecule has 31 heavy (non-hydrogen) atoms. The summed E-state index contributed by atoms with van der Waals surface area (Å²) in [6.07, 6.45) is -0.300. The maximum Gasteiger partial charge on any atom is 0.274 e. The smallest absolute Gasteiger partial charge is 0.274 e. The first kappa shape index (κ1) is 19.0. The molecule has 0 aliphatic heterocycles. The average Bonchev–Trinajstić information content (AvgIpc) is 2.79. The van der Waals surface area contributed by atoms with Gasteiger partial charge in [-0.05, 0) is 36.9 Å². The minimum absolute atomic E-state index is 0.161. The van der Waals surface area contributed by atoms with Crippen LogP contribution >= 0.6 is 0 Å². The lowest BCUT2D eigenvalue weighted by molar-refractivity contribution is -0.129. The third-order valence-electron chi connectivity index (χ3n) is 5.46. The third kappa shape index (κ3) is 4.65. The molecule has 1 amide bonds. The van der Waals surface area contributed by atoms with E-state index in [9.17, 15) is 28.9 Å². The number of aromatic nitrogens is 2. The van der Waals surface area contributed by atoms with E-state index < -0.39 is 49.1 Å². The summed E-state index contributed by atoms with van der Waals surface area (Å²) in [5.74, 6) is -0.985. The Balaban J connectivity index is 2.08. The number of amides is 1. The van der Waals surface area contributed by atoms with Crippen LogP contribution in [-0.2, 0) is 5.60 Å². The zero-order valence-electron chi connectivity index (χ0n) is 19.6. The van der Waals surface area contributed by atoms with Crippen LogP contribution in [0.15, 0.2) is 24.4 Å². The van der Waals surface area contributed by atoms with E-state index in [0.717, 1.165) is 37.2 Å². The molecule has 1 unspecified atom stereocenters. The highest BCUT2D eigenvalue weighted by Crippen LogP contribution is 2.32. The minimum Gasteiger partial charge on any atom is -0.393 e. The molecule has 1 aromatic heterocycles. The van der Waals surface area contributed by atoms with Gasteiger partial charge in [-0.3, -0.25) is 4.79 Å². The molecular formula is C21H26F2N4O4. The summed E-state index contributed by atoms with van der Waals surface area (Å²) in [6, 6.07) is 2.46. The van der Waals surface area contributed by atoms with Crippen molar-refractivity contribution in [3.63, 3.8) is 0 Å². The first-order valence-electron chi connectivity index (χ1n) is 11.3. The molecule has 3 atom stereocenters. The van der Waals surface area contributed by atoms with Gasteiger partial charge in [0.05, 0.1) is 30.6 Å². The van der Waals surface area contributed by atoms with Crippen molar-refractivity contribution < 1.29 is 33.0 Å². The number of nitrogens with zero attached hydrogens (tertiary/aromatic N) is 2. The molecule has 0 bridgehead atoms. The van der Waals surface area contributed by atoms with Crippen molar-refractivity contribution in [2.24, 2.45) is 0 Å². The van der Waals surface area contributed by atoms with E-state index in [1.54, 1.807) is 0 Å². The van der Waals surface area contributed by atoms with Gasteiger partial charge in [0.25, 0.3) is 12.3 Å². The molecule has 1 fully saturated rings. The second kappa shape index (κ2) is 9.21. The quantitative estimate of drug-likeness (QED) is 0.459. The number of nitrogen functional groups attached to an aromatic ring is 1. The van der Waals surface area contributed by atoms with Gasteiger partial charge in [-0.25, -0.2) is 18.7 Å². The van der Waals surface area contributed by atoms with Crippen LogP contribution in [0.3, 0.4) is 0 Å². The first-order valence-corrected chi connectivity index (χ1v) is 9.76. The molecule has 168 valence electrons. The zero-order valence-corrected chi connectivity index (χ0v) is 16.6. The third-order valence-corrected chi connectivity index (χ3v) is 5.46. The standard InChI is InChI=1S/C21H26F2N4O4/c1-11-6-7-12(21(31,10-28)20(22)23)8-13(11)15-9-25-18(24)17(26-15)19(30)27-14-4-2-3-5-16(14)29/h6-9,14,16,20,28-29,31H,2-5,10H2,1H3,(H2,24,25)(H,27,30)/t14-,16-,21?/m1/s1/i1D3. The van der Waals surface area contributed by atoms with Crippen molar-refractivity contribution in [3.05, 3.63) is 41.2 Å². The van der Waals surface area contributed by atoms with Crippen molar-refractivity contribution in [2.75, 3.05) is 12.3 Å². The molecule has 1 saturated carbocycles. The van der Waals surface area contributed by atoms with Gasteiger partial charge in [0.1, 0.15) is 0 Å². The number of nitrogens with one attached hydrogen (secondary N) is 1. The molecule has 0 spiro atoms. The van der Waals surface area contributed by atoms with E-state index in [-0.39, 0.29) is 28.3 Å². The molecule has 1 aliphatic rings. The monoisotopic (exact) mass is 439 g/mol. The molecule has 2 aromatic rings. The predicted molar refractivity (Wildman–Crippen MR) is 109 cm³/mol. The van der Waals surface area contributed by atoms with Gasteiger partial charge in [-0.2, -0.15) is 0 Å². The number of rotatable bonds is 6. The van der Waals surface area contributed by atoms with Crippen LogP contribution in [-0.4, -0.2) is 56.4 Å². The SMILES string of the molecule is [2H]C([2H])([2H])c1ccc(C(O)(CO)C(F)F)cc1-c1cnc(N)c(C(=O)N[C@@H]2CCCC[C@H]2O)n1. The van der Waals surface area contributed by atoms with E-state index in [4.69, 9.17) is 9.85 Å². The van der Waals surface area contributed by atoms with Gasteiger partial charge >= 0.3 is 0 Å². The maximum absolute atomic E-state index is 13.5. The number of aliphatic hydroxyl groups excluding tert-OH is 2. The van der Waals surface area contributed by atoms with E-state index in [2.05, 4.69) is 15.3 Å². The number of carbonyl (C=O) groups excluding carboxylic acids is 1. The van der Waals surface area contributed by atoms with Crippen LogP contribution < -0.4 is 11.1 Å². The van der Waals surface area contributed by atoms with Crippen molar-refractivity contribution in [1.82, 2.24) is 15.3 Å². The molecule has 8 nitrogen and oxygen atoms in total. The predicted octanol–water partition coefficient (Wildman–Crippen LogP) is 1.51. The van der Waals surface area contributed by atoms with Crippen molar-refractivity contribution >= 4 is 11.7 Å². The van der Waals surface area contributed by atoms with Gasteiger partial charge < -0.3 is 26.4 Å². The highest BCUT2D eigenvalue weighted by atomic mass is 19.3. The Kier molecular flexibility index (Phi) is 5.65. The summed E-state index contributed by atoms with van der Waals surface area (Å²) in [6.45, 7) is -4.02. The lowest BCUT2D eigenvalue weighted by Crippen LogP contribution is -2.45. The number of halogens is 2. The number of benzene rings is 1. The van der Waals surface area contributed by atoms with Crippen LogP contribution in [0.4, 0.5) is 14.6 Å². The number of aliphatic hydroxyl groups is 3. The van der Waals surface area contributed by atoms with E-state index in [1.807, 2.05) is 0 Å². The van der Waals surface area contributed by atoms with E-state index in [0.29, 0.717) is 12.8 Å². The summed E-state index contributed by atoms with van der Waals surface area (Å²) in [5.41, 5.74) is 1.45. The Morgan fingerprint density at radius 2 is 2.16 bits per heavy atom. The summed E-state index contributed by atoms with van der Waals surface area (Å²) in [4.78, 5) is 20.9. The molecule has 1 aromatic carbocycles. The zero-order chi connectivity index (χ0) is 25.3. The van der Waals surface area contributed by atoms with Crippen LogP contribution in [0.25, 0.3) is 11.3 Å². The number of carbonyl (C=O) groups is 1. The summed E-state index contributed by atoms with van der Waals surface area (Å²) >= 11 is 0. The molecule has 0 radical (unpaired) electrons. The first-order chi connectivity index (χ1) is 15.9. The van der Waals surface area contributed by atoms with Gasteiger partial charge in [0.15, 0.2) is 17.1 Å². The Hall–Kier alpha value is -2.69. The largest absolute Gasteiger partial charge is 0.393 e. The normalized spacial score (nSPS) is 22.8. The van der Waals surface area contributed by atoms with Gasteiger partial charge in [0.2, 0.25) is 0 Å². The fraction of sp³-hybridized carbons (Fsp3) is 0.476.